The molecule has 5 nitrogen and oxygen atoms in total. The Morgan fingerprint density at radius 2 is 2.20 bits per heavy atom. The van der Waals surface area contributed by atoms with Crippen molar-refractivity contribution in [1.29, 1.82) is 0 Å². The highest BCUT2D eigenvalue weighted by atomic mass is 16.5. The predicted octanol–water partition coefficient (Wildman–Crippen LogP) is 2.16. The lowest BCUT2D eigenvalue weighted by atomic mass is 9.75. The number of hydrogen-bond donors (Lipinski definition) is 1. The van der Waals surface area contributed by atoms with Crippen molar-refractivity contribution in [2.75, 3.05) is 13.7 Å². The first-order chi connectivity index (χ1) is 9.86. The van der Waals surface area contributed by atoms with E-state index in [9.17, 15) is 0 Å². The lowest BCUT2D eigenvalue weighted by Crippen LogP contribution is -2.41. The summed E-state index contributed by atoms with van der Waals surface area (Å²) in [5.41, 5.74) is 1.33. The molecule has 1 saturated carbocycles. The third kappa shape index (κ3) is 2.82. The number of methoxy groups -OCH3 is 1. The SMILES string of the molecule is COc1ccccc1C1CC(NCCc2ncon2)C1. The second-order valence-corrected chi connectivity index (χ2v) is 5.16. The van der Waals surface area contributed by atoms with E-state index in [2.05, 4.69) is 27.6 Å². The van der Waals surface area contributed by atoms with Crippen LogP contribution in [-0.4, -0.2) is 29.8 Å². The Morgan fingerprint density at radius 3 is 2.95 bits per heavy atom. The summed E-state index contributed by atoms with van der Waals surface area (Å²) < 4.78 is 10.1. The van der Waals surface area contributed by atoms with Crippen molar-refractivity contribution in [3.63, 3.8) is 0 Å². The van der Waals surface area contributed by atoms with Gasteiger partial charge in [-0.2, -0.15) is 4.98 Å². The van der Waals surface area contributed by atoms with E-state index in [4.69, 9.17) is 9.26 Å². The molecule has 2 aromatic rings. The summed E-state index contributed by atoms with van der Waals surface area (Å²) in [7, 11) is 1.73. The molecule has 3 rings (SSSR count). The topological polar surface area (TPSA) is 60.2 Å². The van der Waals surface area contributed by atoms with Crippen LogP contribution in [0.4, 0.5) is 0 Å². The Morgan fingerprint density at radius 1 is 1.35 bits per heavy atom. The maximum Gasteiger partial charge on any atom is 0.213 e. The van der Waals surface area contributed by atoms with Crippen LogP contribution in [0.15, 0.2) is 35.2 Å². The van der Waals surface area contributed by atoms with Gasteiger partial charge in [-0.1, -0.05) is 23.4 Å². The zero-order chi connectivity index (χ0) is 13.8. The largest absolute Gasteiger partial charge is 0.496 e. The monoisotopic (exact) mass is 273 g/mol. The summed E-state index contributed by atoms with van der Waals surface area (Å²) >= 11 is 0. The van der Waals surface area contributed by atoms with Crippen LogP contribution in [0.25, 0.3) is 0 Å². The van der Waals surface area contributed by atoms with Gasteiger partial charge in [0, 0.05) is 19.0 Å². The fourth-order valence-corrected chi connectivity index (χ4v) is 2.73. The Labute approximate surface area is 118 Å². The highest BCUT2D eigenvalue weighted by Crippen LogP contribution is 2.40. The molecule has 0 unspecified atom stereocenters. The van der Waals surface area contributed by atoms with E-state index in [-0.39, 0.29) is 0 Å². The average Bonchev–Trinajstić information content (AvgIpc) is 2.94. The Balaban J connectivity index is 1.44. The molecule has 0 spiro atoms. The van der Waals surface area contributed by atoms with Crippen LogP contribution in [0.5, 0.6) is 5.75 Å². The summed E-state index contributed by atoms with van der Waals surface area (Å²) in [4.78, 5) is 4.01. The normalized spacial score (nSPS) is 21.4. The number of rotatable bonds is 6. The second kappa shape index (κ2) is 6.05. The molecule has 20 heavy (non-hydrogen) atoms. The molecular formula is C15H19N3O2. The molecule has 5 heteroatoms. The summed E-state index contributed by atoms with van der Waals surface area (Å²) in [6.07, 6.45) is 4.50. The molecule has 1 aromatic carbocycles. The molecule has 1 N–H and O–H groups in total. The van der Waals surface area contributed by atoms with Crippen molar-refractivity contribution in [1.82, 2.24) is 15.5 Å². The Bertz CT molecular complexity index is 536. The van der Waals surface area contributed by atoms with Crippen LogP contribution in [-0.2, 0) is 6.42 Å². The quantitative estimate of drug-likeness (QED) is 0.874. The third-order valence-electron chi connectivity index (χ3n) is 3.91. The standard InChI is InChI=1S/C15H19N3O2/c1-19-14-5-3-2-4-13(14)11-8-12(9-11)16-7-6-15-17-10-20-18-15/h2-5,10-12,16H,6-9H2,1H3. The number of benzene rings is 1. The smallest absolute Gasteiger partial charge is 0.213 e. The molecule has 1 heterocycles. The van der Waals surface area contributed by atoms with Gasteiger partial charge in [0.05, 0.1) is 7.11 Å². The molecule has 1 aromatic heterocycles. The van der Waals surface area contributed by atoms with Crippen molar-refractivity contribution in [3.05, 3.63) is 42.0 Å². The van der Waals surface area contributed by atoms with Crippen LogP contribution in [0.2, 0.25) is 0 Å². The lowest BCUT2D eigenvalue weighted by Gasteiger charge is -2.37. The fraction of sp³-hybridized carbons (Fsp3) is 0.467. The third-order valence-corrected chi connectivity index (χ3v) is 3.91. The van der Waals surface area contributed by atoms with Crippen LogP contribution < -0.4 is 10.1 Å². The Hall–Kier alpha value is -1.88. The van der Waals surface area contributed by atoms with Crippen LogP contribution >= 0.6 is 0 Å². The number of nitrogens with one attached hydrogen (secondary N) is 1. The maximum absolute atomic E-state index is 5.42. The van der Waals surface area contributed by atoms with Crippen molar-refractivity contribution in [2.24, 2.45) is 0 Å². The number of ether oxygens (including phenoxy) is 1. The summed E-state index contributed by atoms with van der Waals surface area (Å²) in [5.74, 6) is 2.37. The van der Waals surface area contributed by atoms with Gasteiger partial charge in [-0.25, -0.2) is 0 Å². The minimum absolute atomic E-state index is 0.580. The van der Waals surface area contributed by atoms with Gasteiger partial charge in [0.2, 0.25) is 6.39 Å². The van der Waals surface area contributed by atoms with Gasteiger partial charge < -0.3 is 14.6 Å². The molecule has 0 amide bonds. The number of nitrogens with zero attached hydrogens (tertiary/aromatic N) is 2. The van der Waals surface area contributed by atoms with E-state index in [1.54, 1.807) is 7.11 Å². The summed E-state index contributed by atoms with van der Waals surface area (Å²) in [5, 5.41) is 7.33. The zero-order valence-corrected chi connectivity index (χ0v) is 11.6. The highest BCUT2D eigenvalue weighted by molar-refractivity contribution is 5.37. The first-order valence-electron chi connectivity index (χ1n) is 6.98. The first-order valence-corrected chi connectivity index (χ1v) is 6.98. The minimum atomic E-state index is 0.580. The summed E-state index contributed by atoms with van der Waals surface area (Å²) in [6.45, 7) is 0.892. The van der Waals surface area contributed by atoms with Crippen molar-refractivity contribution in [3.8, 4) is 5.75 Å². The van der Waals surface area contributed by atoms with Crippen LogP contribution in [0, 0.1) is 0 Å². The van der Waals surface area contributed by atoms with Gasteiger partial charge in [0.25, 0.3) is 0 Å². The number of aromatic nitrogens is 2. The average molecular weight is 273 g/mol. The van der Waals surface area contributed by atoms with Gasteiger partial charge in [-0.05, 0) is 30.4 Å². The molecular weight excluding hydrogens is 254 g/mol. The number of para-hydroxylation sites is 1. The van der Waals surface area contributed by atoms with E-state index >= 15 is 0 Å². The molecule has 1 aliphatic rings. The molecule has 0 aliphatic heterocycles. The van der Waals surface area contributed by atoms with Crippen LogP contribution in [0.3, 0.4) is 0 Å². The van der Waals surface area contributed by atoms with Gasteiger partial charge in [0.1, 0.15) is 5.75 Å². The van der Waals surface area contributed by atoms with Gasteiger partial charge in [0.15, 0.2) is 5.82 Å². The maximum atomic E-state index is 5.42. The highest BCUT2D eigenvalue weighted by Gasteiger charge is 2.31. The van der Waals surface area contributed by atoms with E-state index in [0.29, 0.717) is 12.0 Å². The lowest BCUT2D eigenvalue weighted by molar-refractivity contribution is 0.284. The van der Waals surface area contributed by atoms with E-state index < -0.39 is 0 Å². The van der Waals surface area contributed by atoms with Gasteiger partial charge in [-0.3, -0.25) is 0 Å². The Kier molecular flexibility index (Phi) is 3.97. The van der Waals surface area contributed by atoms with Crippen LogP contribution in [0.1, 0.15) is 30.1 Å². The van der Waals surface area contributed by atoms with E-state index in [1.165, 1.54) is 12.0 Å². The van der Waals surface area contributed by atoms with Crippen molar-refractivity contribution >= 4 is 0 Å². The van der Waals surface area contributed by atoms with Gasteiger partial charge >= 0.3 is 0 Å². The number of hydrogen-bond acceptors (Lipinski definition) is 5. The molecule has 0 bridgehead atoms. The molecule has 0 saturated heterocycles. The fourth-order valence-electron chi connectivity index (χ4n) is 2.73. The molecule has 1 fully saturated rings. The molecule has 1 aliphatic carbocycles. The predicted molar refractivity (Wildman–Crippen MR) is 74.8 cm³/mol. The first kappa shape index (κ1) is 13.1. The zero-order valence-electron chi connectivity index (χ0n) is 11.6. The second-order valence-electron chi connectivity index (χ2n) is 5.16. The summed E-state index contributed by atoms with van der Waals surface area (Å²) in [6, 6.07) is 8.87. The minimum Gasteiger partial charge on any atom is -0.496 e. The molecule has 0 atom stereocenters. The van der Waals surface area contributed by atoms with E-state index in [1.807, 2.05) is 12.1 Å². The van der Waals surface area contributed by atoms with E-state index in [0.717, 1.165) is 37.4 Å². The molecule has 106 valence electrons. The molecule has 0 radical (unpaired) electrons. The van der Waals surface area contributed by atoms with Crippen molar-refractivity contribution < 1.29 is 9.26 Å². The van der Waals surface area contributed by atoms with Crippen molar-refractivity contribution in [2.45, 2.75) is 31.2 Å². The van der Waals surface area contributed by atoms with Gasteiger partial charge in [-0.15, -0.1) is 0 Å².